The van der Waals surface area contributed by atoms with Gasteiger partial charge in [0.25, 0.3) is 0 Å². The van der Waals surface area contributed by atoms with Crippen LogP contribution in [-0.4, -0.2) is 17.7 Å². The van der Waals surface area contributed by atoms with Crippen LogP contribution in [0, 0.1) is 12.0 Å². The van der Waals surface area contributed by atoms with Crippen molar-refractivity contribution >= 4 is 0 Å². The Kier molecular flexibility index (Phi) is 1.74. The van der Waals surface area contributed by atoms with Gasteiger partial charge in [-0.25, -0.2) is 0 Å². The molecule has 4 rings (SSSR count). The maximum absolute atomic E-state index is 5.51. The van der Waals surface area contributed by atoms with Crippen LogP contribution in [0.5, 0.6) is 0 Å². The highest BCUT2D eigenvalue weighted by Crippen LogP contribution is 2.40. The van der Waals surface area contributed by atoms with E-state index in [-0.39, 0.29) is 0 Å². The SMILES string of the molecule is [C+]1=CN2C=CC3=CC4=C(CC3C2C=C1)OCO4. The molecule has 0 saturated carbocycles. The van der Waals surface area contributed by atoms with E-state index in [1.54, 1.807) is 0 Å². The summed E-state index contributed by atoms with van der Waals surface area (Å²) in [5.74, 6) is 2.37. The first kappa shape index (κ1) is 9.08. The van der Waals surface area contributed by atoms with Crippen LogP contribution in [-0.2, 0) is 9.47 Å². The summed E-state index contributed by atoms with van der Waals surface area (Å²) in [6.45, 7) is 0.364. The first-order chi connectivity index (χ1) is 8.42. The summed E-state index contributed by atoms with van der Waals surface area (Å²) in [5, 5.41) is 0. The molecule has 0 amide bonds. The van der Waals surface area contributed by atoms with Gasteiger partial charge in [0.15, 0.2) is 18.0 Å². The van der Waals surface area contributed by atoms with Gasteiger partial charge in [-0.05, 0) is 17.7 Å². The van der Waals surface area contributed by atoms with Crippen LogP contribution in [0.15, 0.2) is 53.8 Å². The van der Waals surface area contributed by atoms with E-state index in [0.717, 1.165) is 17.9 Å². The van der Waals surface area contributed by atoms with Crippen molar-refractivity contribution in [2.45, 2.75) is 12.5 Å². The van der Waals surface area contributed by atoms with Gasteiger partial charge in [0, 0.05) is 18.5 Å². The molecule has 2 unspecified atom stereocenters. The monoisotopic (exact) mass is 226 g/mol. The predicted octanol–water partition coefficient (Wildman–Crippen LogP) is 2.23. The Morgan fingerprint density at radius 3 is 3.35 bits per heavy atom. The van der Waals surface area contributed by atoms with Crippen LogP contribution < -0.4 is 0 Å². The van der Waals surface area contributed by atoms with Crippen molar-refractivity contribution in [3.8, 4) is 0 Å². The fourth-order valence-corrected chi connectivity index (χ4v) is 2.79. The quantitative estimate of drug-likeness (QED) is 0.591. The highest BCUT2D eigenvalue weighted by atomic mass is 16.7. The van der Waals surface area contributed by atoms with Crippen molar-refractivity contribution in [1.82, 2.24) is 4.90 Å². The molecule has 3 heterocycles. The van der Waals surface area contributed by atoms with Crippen molar-refractivity contribution in [3.63, 3.8) is 0 Å². The molecule has 84 valence electrons. The van der Waals surface area contributed by atoms with Gasteiger partial charge in [0.1, 0.15) is 17.9 Å². The highest BCUT2D eigenvalue weighted by molar-refractivity contribution is 5.41. The first-order valence-corrected chi connectivity index (χ1v) is 5.84. The van der Waals surface area contributed by atoms with Gasteiger partial charge < -0.3 is 14.4 Å². The molecule has 0 aromatic rings. The molecule has 0 aromatic carbocycles. The van der Waals surface area contributed by atoms with Gasteiger partial charge in [-0.3, -0.25) is 0 Å². The number of rotatable bonds is 0. The van der Waals surface area contributed by atoms with Crippen molar-refractivity contribution in [1.29, 1.82) is 0 Å². The number of allylic oxidation sites excluding steroid dienone is 5. The molecule has 3 aliphatic heterocycles. The first-order valence-electron chi connectivity index (χ1n) is 5.84. The second-order valence-corrected chi connectivity index (χ2v) is 4.56. The van der Waals surface area contributed by atoms with E-state index in [1.165, 1.54) is 5.57 Å². The Bertz CT molecular complexity index is 510. The molecule has 0 spiro atoms. The summed E-state index contributed by atoms with van der Waals surface area (Å²) < 4.78 is 10.9. The maximum atomic E-state index is 5.51. The van der Waals surface area contributed by atoms with Crippen LogP contribution >= 0.6 is 0 Å². The molecule has 4 aliphatic rings. The lowest BCUT2D eigenvalue weighted by molar-refractivity contribution is 0.0710. The van der Waals surface area contributed by atoms with E-state index in [9.17, 15) is 0 Å². The zero-order valence-corrected chi connectivity index (χ0v) is 9.30. The van der Waals surface area contributed by atoms with Gasteiger partial charge in [0.2, 0.25) is 6.79 Å². The summed E-state index contributed by atoms with van der Waals surface area (Å²) in [4.78, 5) is 2.20. The van der Waals surface area contributed by atoms with Crippen molar-refractivity contribution < 1.29 is 9.47 Å². The average molecular weight is 226 g/mol. The summed E-state index contributed by atoms with van der Waals surface area (Å²) in [7, 11) is 0. The average Bonchev–Trinajstić information content (AvgIpc) is 2.83. The molecule has 0 bridgehead atoms. The zero-order valence-electron chi connectivity index (χ0n) is 9.30. The molecule has 17 heavy (non-hydrogen) atoms. The third-order valence-corrected chi connectivity index (χ3v) is 3.66. The summed E-state index contributed by atoms with van der Waals surface area (Å²) in [6.07, 6.45) is 16.6. The third-order valence-electron chi connectivity index (χ3n) is 3.66. The molecule has 0 radical (unpaired) electrons. The minimum absolute atomic E-state index is 0.364. The number of nitrogens with zero attached hydrogens (tertiary/aromatic N) is 1. The molecule has 0 fully saturated rings. The molecule has 3 nitrogen and oxygen atoms in total. The topological polar surface area (TPSA) is 21.7 Å². The van der Waals surface area contributed by atoms with Crippen LogP contribution in [0.2, 0.25) is 0 Å². The van der Waals surface area contributed by atoms with E-state index in [2.05, 4.69) is 35.4 Å². The van der Waals surface area contributed by atoms with E-state index in [1.807, 2.05) is 12.3 Å². The van der Waals surface area contributed by atoms with Crippen LogP contribution in [0.1, 0.15) is 6.42 Å². The fourth-order valence-electron chi connectivity index (χ4n) is 2.79. The fraction of sp³-hybridized carbons (Fsp3) is 0.286. The van der Waals surface area contributed by atoms with E-state index in [0.29, 0.717) is 18.8 Å². The van der Waals surface area contributed by atoms with Crippen molar-refractivity contribution in [3.05, 3.63) is 59.9 Å². The summed E-state index contributed by atoms with van der Waals surface area (Å²) >= 11 is 0. The molecule has 2 atom stereocenters. The zero-order chi connectivity index (χ0) is 11.2. The summed E-state index contributed by atoms with van der Waals surface area (Å²) in [5.41, 5.74) is 1.33. The third kappa shape index (κ3) is 1.26. The molecule has 0 aromatic heterocycles. The molecule has 0 saturated heterocycles. The van der Waals surface area contributed by atoms with Gasteiger partial charge in [-0.15, -0.1) is 0 Å². The molecular weight excluding hydrogens is 214 g/mol. The lowest BCUT2D eigenvalue weighted by Crippen LogP contribution is -2.38. The van der Waals surface area contributed by atoms with Crippen LogP contribution in [0.3, 0.4) is 0 Å². The van der Waals surface area contributed by atoms with Gasteiger partial charge in [-0.1, -0.05) is 0 Å². The second kappa shape index (κ2) is 3.25. The van der Waals surface area contributed by atoms with E-state index < -0.39 is 0 Å². The predicted molar refractivity (Wildman–Crippen MR) is 62.0 cm³/mol. The van der Waals surface area contributed by atoms with Crippen LogP contribution in [0.4, 0.5) is 0 Å². The molecule has 3 heteroatoms. The Balaban J connectivity index is 1.75. The van der Waals surface area contributed by atoms with Gasteiger partial charge >= 0.3 is 0 Å². The van der Waals surface area contributed by atoms with Crippen molar-refractivity contribution in [2.75, 3.05) is 6.79 Å². The molecule has 0 N–H and O–H groups in total. The summed E-state index contributed by atoms with van der Waals surface area (Å²) in [6, 6.07) is 0.380. The van der Waals surface area contributed by atoms with E-state index in [4.69, 9.17) is 9.47 Å². The van der Waals surface area contributed by atoms with Crippen molar-refractivity contribution in [2.24, 2.45) is 5.92 Å². The normalized spacial score (nSPS) is 32.0. The minimum atomic E-state index is 0.364. The molecular formula is C14H12NO2+. The number of hydrogen-bond donors (Lipinski definition) is 0. The maximum Gasteiger partial charge on any atom is 0.230 e. The Morgan fingerprint density at radius 1 is 1.35 bits per heavy atom. The standard InChI is InChI=1S/C14H12NO2/c1-2-5-15-6-4-10-7-13-14(17-9-16-13)8-11(10)12(15)3-1/h1,3-7,11-12H,8-9H2/q+1. The number of hydrogen-bond acceptors (Lipinski definition) is 3. The minimum Gasteiger partial charge on any atom is -0.458 e. The van der Waals surface area contributed by atoms with Gasteiger partial charge in [0.05, 0.1) is 6.08 Å². The number of ether oxygens (including phenoxy) is 2. The smallest absolute Gasteiger partial charge is 0.230 e. The highest BCUT2D eigenvalue weighted by Gasteiger charge is 2.38. The second-order valence-electron chi connectivity index (χ2n) is 4.56. The lowest BCUT2D eigenvalue weighted by Gasteiger charge is -2.35. The Hall–Kier alpha value is -1.99. The molecule has 1 aliphatic carbocycles. The number of fused-ring (bicyclic) bond motifs is 3. The Morgan fingerprint density at radius 2 is 2.35 bits per heavy atom. The van der Waals surface area contributed by atoms with E-state index >= 15 is 0 Å². The van der Waals surface area contributed by atoms with Gasteiger partial charge in [-0.2, -0.15) is 0 Å². The van der Waals surface area contributed by atoms with Crippen LogP contribution in [0.25, 0.3) is 0 Å². The largest absolute Gasteiger partial charge is 0.458 e. The Labute approximate surface area is 100.0 Å². The lowest BCUT2D eigenvalue weighted by atomic mass is 9.80.